The molecule has 0 aromatic heterocycles. The van der Waals surface area contributed by atoms with Crippen LogP contribution in [0, 0.1) is 5.82 Å². The van der Waals surface area contributed by atoms with Gasteiger partial charge in [0.15, 0.2) is 0 Å². The van der Waals surface area contributed by atoms with Gasteiger partial charge in [-0.25, -0.2) is 4.39 Å². The highest BCUT2D eigenvalue weighted by Gasteiger charge is 2.24. The molecule has 2 rings (SSSR count). The molecule has 1 heterocycles. The number of carbonyl (C=O) groups is 1. The quantitative estimate of drug-likeness (QED) is 0.916. The Kier molecular flexibility index (Phi) is 4.60. The van der Waals surface area contributed by atoms with Crippen LogP contribution < -0.4 is 10.2 Å². The molecule has 5 heteroatoms. The molecule has 1 atom stereocenters. The molecule has 1 saturated heterocycles. The van der Waals surface area contributed by atoms with Crippen LogP contribution in [-0.4, -0.2) is 44.5 Å². The van der Waals surface area contributed by atoms with Crippen LogP contribution in [-0.2, 0) is 4.79 Å². The van der Waals surface area contributed by atoms with Gasteiger partial charge in [0.05, 0.1) is 12.2 Å². The SMILES string of the molecule is CNC(C)c1cccc(F)c1N1CCCN(C)C(=O)C1. The number of hydrogen-bond donors (Lipinski definition) is 1. The first-order chi connectivity index (χ1) is 9.54. The van der Waals surface area contributed by atoms with E-state index in [1.807, 2.05) is 24.9 Å². The summed E-state index contributed by atoms with van der Waals surface area (Å²) < 4.78 is 14.3. The van der Waals surface area contributed by atoms with Crippen LogP contribution in [0.15, 0.2) is 18.2 Å². The number of benzene rings is 1. The topological polar surface area (TPSA) is 35.6 Å². The van der Waals surface area contributed by atoms with E-state index in [0.717, 1.165) is 18.5 Å². The minimum atomic E-state index is -0.262. The molecule has 0 saturated carbocycles. The van der Waals surface area contributed by atoms with Crippen LogP contribution in [0.25, 0.3) is 0 Å². The van der Waals surface area contributed by atoms with Crippen molar-refractivity contribution in [2.24, 2.45) is 0 Å². The molecule has 0 radical (unpaired) electrons. The van der Waals surface area contributed by atoms with Gasteiger partial charge in [0.2, 0.25) is 5.91 Å². The van der Waals surface area contributed by atoms with Gasteiger partial charge >= 0.3 is 0 Å². The van der Waals surface area contributed by atoms with E-state index in [1.165, 1.54) is 6.07 Å². The molecular formula is C15H22FN3O. The molecule has 0 aliphatic carbocycles. The monoisotopic (exact) mass is 279 g/mol. The molecule has 1 unspecified atom stereocenters. The summed E-state index contributed by atoms with van der Waals surface area (Å²) in [5, 5.41) is 3.13. The van der Waals surface area contributed by atoms with Gasteiger partial charge in [-0.05, 0) is 32.0 Å². The first kappa shape index (κ1) is 14.8. The minimum Gasteiger partial charge on any atom is -0.360 e. The third kappa shape index (κ3) is 2.93. The van der Waals surface area contributed by atoms with Gasteiger partial charge in [-0.2, -0.15) is 0 Å². The lowest BCUT2D eigenvalue weighted by molar-refractivity contribution is -0.127. The van der Waals surface area contributed by atoms with Crippen LogP contribution >= 0.6 is 0 Å². The van der Waals surface area contributed by atoms with Crippen molar-refractivity contribution >= 4 is 11.6 Å². The van der Waals surface area contributed by atoms with Crippen molar-refractivity contribution in [1.82, 2.24) is 10.2 Å². The van der Waals surface area contributed by atoms with Crippen LogP contribution in [0.4, 0.5) is 10.1 Å². The van der Waals surface area contributed by atoms with Crippen molar-refractivity contribution in [3.8, 4) is 0 Å². The number of hydrogen-bond acceptors (Lipinski definition) is 3. The highest BCUT2D eigenvalue weighted by atomic mass is 19.1. The second-order valence-electron chi connectivity index (χ2n) is 5.28. The second kappa shape index (κ2) is 6.22. The van der Waals surface area contributed by atoms with E-state index in [0.29, 0.717) is 12.2 Å². The predicted octanol–water partition coefficient (Wildman–Crippen LogP) is 1.77. The number of likely N-dealkylation sites (N-methyl/N-ethyl adjacent to an activating group) is 1. The predicted molar refractivity (Wildman–Crippen MR) is 78.3 cm³/mol. The maximum absolute atomic E-state index is 14.3. The maximum Gasteiger partial charge on any atom is 0.241 e. The fraction of sp³-hybridized carbons (Fsp3) is 0.533. The third-order valence-corrected chi connectivity index (χ3v) is 3.91. The van der Waals surface area contributed by atoms with Crippen molar-refractivity contribution in [3.63, 3.8) is 0 Å². The number of nitrogens with one attached hydrogen (secondary N) is 1. The molecule has 1 fully saturated rings. The van der Waals surface area contributed by atoms with Crippen LogP contribution in [0.5, 0.6) is 0 Å². The molecule has 110 valence electrons. The lowest BCUT2D eigenvalue weighted by Crippen LogP contribution is -2.35. The summed E-state index contributed by atoms with van der Waals surface area (Å²) in [6.07, 6.45) is 0.851. The smallest absolute Gasteiger partial charge is 0.241 e. The van der Waals surface area contributed by atoms with Crippen LogP contribution in [0.2, 0.25) is 0 Å². The number of rotatable bonds is 3. The van der Waals surface area contributed by atoms with Gasteiger partial charge in [0, 0.05) is 26.2 Å². The van der Waals surface area contributed by atoms with Gasteiger partial charge < -0.3 is 15.1 Å². The van der Waals surface area contributed by atoms with E-state index < -0.39 is 0 Å². The summed E-state index contributed by atoms with van der Waals surface area (Å²) in [4.78, 5) is 15.6. The molecule has 1 amide bonds. The zero-order valence-electron chi connectivity index (χ0n) is 12.3. The Labute approximate surface area is 119 Å². The number of amides is 1. The Morgan fingerprint density at radius 3 is 2.80 bits per heavy atom. The van der Waals surface area contributed by atoms with Gasteiger partial charge in [0.25, 0.3) is 0 Å². The van der Waals surface area contributed by atoms with E-state index in [9.17, 15) is 9.18 Å². The van der Waals surface area contributed by atoms with Gasteiger partial charge in [-0.15, -0.1) is 0 Å². The molecule has 1 aliphatic heterocycles. The molecule has 1 aromatic carbocycles. The Hall–Kier alpha value is -1.62. The van der Waals surface area contributed by atoms with Crippen molar-refractivity contribution in [3.05, 3.63) is 29.6 Å². The van der Waals surface area contributed by atoms with Crippen LogP contribution in [0.3, 0.4) is 0 Å². The Balaban J connectivity index is 2.38. The first-order valence-electron chi connectivity index (χ1n) is 6.99. The first-order valence-corrected chi connectivity index (χ1v) is 6.99. The summed E-state index contributed by atoms with van der Waals surface area (Å²) in [6, 6.07) is 5.13. The third-order valence-electron chi connectivity index (χ3n) is 3.91. The molecule has 4 nitrogen and oxygen atoms in total. The van der Waals surface area contributed by atoms with E-state index in [-0.39, 0.29) is 24.3 Å². The summed E-state index contributed by atoms with van der Waals surface area (Å²) in [5.74, 6) is -0.226. The van der Waals surface area contributed by atoms with Crippen molar-refractivity contribution < 1.29 is 9.18 Å². The fourth-order valence-corrected chi connectivity index (χ4v) is 2.55. The highest BCUT2D eigenvalue weighted by molar-refractivity contribution is 5.82. The number of para-hydroxylation sites is 1. The lowest BCUT2D eigenvalue weighted by Gasteiger charge is -2.27. The van der Waals surface area contributed by atoms with E-state index in [4.69, 9.17) is 0 Å². The van der Waals surface area contributed by atoms with Crippen molar-refractivity contribution in [2.75, 3.05) is 38.6 Å². The van der Waals surface area contributed by atoms with E-state index >= 15 is 0 Å². The fourth-order valence-electron chi connectivity index (χ4n) is 2.55. The Morgan fingerprint density at radius 2 is 2.10 bits per heavy atom. The summed E-state index contributed by atoms with van der Waals surface area (Å²) in [5.41, 5.74) is 1.45. The number of anilines is 1. The second-order valence-corrected chi connectivity index (χ2v) is 5.28. The summed E-state index contributed by atoms with van der Waals surface area (Å²) >= 11 is 0. The van der Waals surface area contributed by atoms with E-state index in [2.05, 4.69) is 5.32 Å². The highest BCUT2D eigenvalue weighted by Crippen LogP contribution is 2.30. The normalized spacial score (nSPS) is 18.1. The summed E-state index contributed by atoms with van der Waals surface area (Å²) in [7, 11) is 3.64. The Morgan fingerprint density at radius 1 is 1.35 bits per heavy atom. The average molecular weight is 279 g/mol. The lowest BCUT2D eigenvalue weighted by atomic mass is 10.0. The van der Waals surface area contributed by atoms with Gasteiger partial charge in [-0.1, -0.05) is 12.1 Å². The van der Waals surface area contributed by atoms with Crippen LogP contribution in [0.1, 0.15) is 24.9 Å². The molecule has 0 spiro atoms. The van der Waals surface area contributed by atoms with Crippen molar-refractivity contribution in [2.45, 2.75) is 19.4 Å². The number of nitrogens with zero attached hydrogens (tertiary/aromatic N) is 2. The molecule has 0 bridgehead atoms. The largest absolute Gasteiger partial charge is 0.360 e. The zero-order valence-corrected chi connectivity index (χ0v) is 12.3. The van der Waals surface area contributed by atoms with Gasteiger partial charge in [-0.3, -0.25) is 4.79 Å². The maximum atomic E-state index is 14.3. The molecule has 1 N–H and O–H groups in total. The molecule has 1 aromatic rings. The standard InChI is InChI=1S/C15H22FN3O/c1-11(17-2)12-6-4-7-13(16)15(12)19-9-5-8-18(3)14(20)10-19/h4,6-7,11,17H,5,8-10H2,1-3H3. The number of halogens is 1. The average Bonchev–Trinajstić information content (AvgIpc) is 2.60. The zero-order chi connectivity index (χ0) is 14.7. The number of carbonyl (C=O) groups excluding carboxylic acids is 1. The Bertz CT molecular complexity index is 492. The van der Waals surface area contributed by atoms with Crippen molar-refractivity contribution in [1.29, 1.82) is 0 Å². The molecule has 20 heavy (non-hydrogen) atoms. The van der Waals surface area contributed by atoms with Gasteiger partial charge in [0.1, 0.15) is 5.82 Å². The van der Waals surface area contributed by atoms with E-state index in [1.54, 1.807) is 18.0 Å². The molecule has 1 aliphatic rings. The minimum absolute atomic E-state index is 0.0359. The summed E-state index contributed by atoms with van der Waals surface area (Å²) in [6.45, 7) is 3.64. The molecular weight excluding hydrogens is 257 g/mol.